The molecule has 6 aromatic carbocycles. The molecule has 0 heterocycles. The number of carboxylic acids is 2. The molecule has 0 aliphatic carbocycles. The summed E-state index contributed by atoms with van der Waals surface area (Å²) in [5.41, 5.74) is 9.54. The highest BCUT2D eigenvalue weighted by atomic mass is 16.6. The summed E-state index contributed by atoms with van der Waals surface area (Å²) in [6.45, 7) is 16.0. The molecule has 0 amide bonds. The number of hydrogen-bond donors (Lipinski definition) is 2. The van der Waals surface area contributed by atoms with Gasteiger partial charge in [0.25, 0.3) is 0 Å². The molecule has 296 valence electrons. The molecule has 0 spiro atoms. The molecule has 0 bridgehead atoms. The summed E-state index contributed by atoms with van der Waals surface area (Å²) in [5.74, 6) is -1.99. The third-order valence-electron chi connectivity index (χ3n) is 10.0. The van der Waals surface area contributed by atoms with Crippen LogP contribution in [0.3, 0.4) is 0 Å². The molecule has 0 aliphatic rings. The van der Waals surface area contributed by atoms with Crippen LogP contribution >= 0.6 is 0 Å². The van der Waals surface area contributed by atoms with Crippen molar-refractivity contribution in [2.75, 3.05) is 0 Å². The second kappa shape index (κ2) is 18.4. The number of esters is 2. The van der Waals surface area contributed by atoms with Gasteiger partial charge in [0.2, 0.25) is 0 Å². The first-order valence-electron chi connectivity index (χ1n) is 19.1. The van der Waals surface area contributed by atoms with E-state index in [0.717, 1.165) is 44.5 Å². The van der Waals surface area contributed by atoms with E-state index in [0.29, 0.717) is 22.3 Å². The van der Waals surface area contributed by atoms with Crippen molar-refractivity contribution in [1.29, 1.82) is 0 Å². The van der Waals surface area contributed by atoms with Crippen molar-refractivity contribution in [1.82, 2.24) is 0 Å². The average Bonchev–Trinajstić information content (AvgIpc) is 3.21. The lowest BCUT2D eigenvalue weighted by Crippen LogP contribution is -2.15. The highest BCUT2D eigenvalue weighted by Crippen LogP contribution is 2.43. The van der Waals surface area contributed by atoms with E-state index in [9.17, 15) is 29.4 Å². The number of carboxylic acid groups (broad SMARTS) is 2. The van der Waals surface area contributed by atoms with E-state index in [2.05, 4.69) is 33.8 Å². The highest BCUT2D eigenvalue weighted by molar-refractivity contribution is 6.04. The molecule has 6 aromatic rings. The molecule has 0 radical (unpaired) electrons. The maximum Gasteiger partial charge on any atom is 0.343 e. The smallest absolute Gasteiger partial charge is 0.343 e. The molecule has 0 saturated carbocycles. The van der Waals surface area contributed by atoms with E-state index in [-0.39, 0.29) is 34.5 Å². The Morgan fingerprint density at radius 1 is 0.466 bits per heavy atom. The molecule has 0 unspecified atom stereocenters. The van der Waals surface area contributed by atoms with Gasteiger partial charge in [-0.15, -0.1) is 0 Å². The van der Waals surface area contributed by atoms with Gasteiger partial charge < -0.3 is 19.7 Å². The fourth-order valence-corrected chi connectivity index (χ4v) is 7.19. The highest BCUT2D eigenvalue weighted by Gasteiger charge is 2.25. The van der Waals surface area contributed by atoms with Crippen molar-refractivity contribution in [3.8, 4) is 33.8 Å². The van der Waals surface area contributed by atoms with Crippen LogP contribution in [0.1, 0.15) is 114 Å². The maximum absolute atomic E-state index is 12.7. The van der Waals surface area contributed by atoms with Gasteiger partial charge >= 0.3 is 23.9 Å². The van der Waals surface area contributed by atoms with Crippen LogP contribution < -0.4 is 9.47 Å². The molecular formula is C50H48O8. The summed E-state index contributed by atoms with van der Waals surface area (Å²) in [6.07, 6.45) is 0. The Morgan fingerprint density at radius 3 is 1.29 bits per heavy atom. The largest absolute Gasteiger partial charge is 0.478 e. The summed E-state index contributed by atoms with van der Waals surface area (Å²) in [5, 5.41) is 19.5. The monoisotopic (exact) mass is 776 g/mol. The second-order valence-corrected chi connectivity index (χ2v) is 14.7. The van der Waals surface area contributed by atoms with Crippen LogP contribution in [0.25, 0.3) is 22.3 Å². The number of carbonyl (C=O) groups is 4. The number of ether oxygens (including phenoxy) is 2. The summed E-state index contributed by atoms with van der Waals surface area (Å²) >= 11 is 0. The van der Waals surface area contributed by atoms with Crippen molar-refractivity contribution in [2.24, 2.45) is 0 Å². The predicted molar refractivity (Wildman–Crippen MR) is 228 cm³/mol. The van der Waals surface area contributed by atoms with Crippen LogP contribution in [0.4, 0.5) is 0 Å². The van der Waals surface area contributed by atoms with Crippen LogP contribution in [-0.4, -0.2) is 34.1 Å². The number of rotatable bonds is 10. The average molecular weight is 777 g/mol. The van der Waals surface area contributed by atoms with Gasteiger partial charge in [-0.25, -0.2) is 19.2 Å². The van der Waals surface area contributed by atoms with Crippen LogP contribution in [0.2, 0.25) is 0 Å². The van der Waals surface area contributed by atoms with Gasteiger partial charge in [0.15, 0.2) is 11.5 Å². The van der Waals surface area contributed by atoms with Crippen molar-refractivity contribution in [3.05, 3.63) is 177 Å². The van der Waals surface area contributed by atoms with Crippen molar-refractivity contribution >= 4 is 23.9 Å². The molecule has 0 aromatic heterocycles. The Balaban J connectivity index is 0.000000221. The molecule has 8 nitrogen and oxygen atoms in total. The zero-order valence-corrected chi connectivity index (χ0v) is 34.0. The Hall–Kier alpha value is -6.80. The number of carbonyl (C=O) groups excluding carboxylic acids is 2. The summed E-state index contributed by atoms with van der Waals surface area (Å²) in [4.78, 5) is 49.2. The third-order valence-corrected chi connectivity index (χ3v) is 10.0. The molecule has 0 atom stereocenters. The molecule has 0 saturated heterocycles. The minimum absolute atomic E-state index is 0.196. The standard InChI is InChI=1S/2C25H24O4/c1-14(2)21-13-15(3)22(17-9-5-7-11-19(17)24(26)27)23(16(21)4)18-10-6-8-12-20(18)25(28)29;1-16(2)21-15-17(3)22(28-24(26)19-11-7-5-8-12-19)23(18(21)4)29-25(27)20-13-9-6-10-14-20/h5-14H,1-4H3,(H,26,27)(H,28,29);5-16H,1-4H3. The van der Waals surface area contributed by atoms with E-state index < -0.39 is 23.9 Å². The molecule has 0 fully saturated rings. The van der Waals surface area contributed by atoms with Crippen LogP contribution in [0.5, 0.6) is 11.5 Å². The SMILES string of the molecule is Cc1cc(C(C)C)c(C)c(-c2ccccc2C(=O)O)c1-c1ccccc1C(=O)O.Cc1cc(C(C)C)c(C)c(OC(=O)c2ccccc2)c1OC(=O)c1ccccc1. The quantitative estimate of drug-likeness (QED) is 0.104. The van der Waals surface area contributed by atoms with Gasteiger partial charge in [-0.1, -0.05) is 113 Å². The van der Waals surface area contributed by atoms with Gasteiger partial charge in [-0.05, 0) is 132 Å². The zero-order chi connectivity index (χ0) is 42.3. The lowest BCUT2D eigenvalue weighted by molar-refractivity contribution is 0.0680. The number of benzene rings is 6. The van der Waals surface area contributed by atoms with E-state index in [1.54, 1.807) is 91.0 Å². The van der Waals surface area contributed by atoms with Gasteiger partial charge in [-0.2, -0.15) is 0 Å². The third kappa shape index (κ3) is 9.24. The molecule has 2 N–H and O–H groups in total. The molecule has 6 rings (SSSR count). The van der Waals surface area contributed by atoms with Crippen molar-refractivity contribution in [2.45, 2.75) is 67.2 Å². The van der Waals surface area contributed by atoms with Gasteiger partial charge in [0, 0.05) is 0 Å². The lowest BCUT2D eigenvalue weighted by Gasteiger charge is -2.23. The van der Waals surface area contributed by atoms with E-state index in [1.807, 2.05) is 52.0 Å². The van der Waals surface area contributed by atoms with Gasteiger partial charge in [0.05, 0.1) is 22.3 Å². The maximum atomic E-state index is 12.7. The van der Waals surface area contributed by atoms with Crippen molar-refractivity contribution in [3.63, 3.8) is 0 Å². The normalized spacial score (nSPS) is 10.8. The Morgan fingerprint density at radius 2 is 0.845 bits per heavy atom. The van der Waals surface area contributed by atoms with Crippen LogP contribution in [-0.2, 0) is 0 Å². The fraction of sp³-hybridized carbons (Fsp3) is 0.200. The first-order valence-corrected chi connectivity index (χ1v) is 19.1. The number of aryl methyl sites for hydroxylation is 2. The minimum Gasteiger partial charge on any atom is -0.478 e. The lowest BCUT2D eigenvalue weighted by atomic mass is 9.80. The summed E-state index contributed by atoms with van der Waals surface area (Å²) in [7, 11) is 0. The fourth-order valence-electron chi connectivity index (χ4n) is 7.19. The van der Waals surface area contributed by atoms with Gasteiger partial charge in [-0.3, -0.25) is 0 Å². The van der Waals surface area contributed by atoms with Crippen molar-refractivity contribution < 1.29 is 38.9 Å². The van der Waals surface area contributed by atoms with E-state index >= 15 is 0 Å². The first-order chi connectivity index (χ1) is 27.6. The van der Waals surface area contributed by atoms with Gasteiger partial charge in [0.1, 0.15) is 0 Å². The Bertz CT molecular complexity index is 2480. The predicted octanol–water partition coefficient (Wildman–Crippen LogP) is 12.0. The van der Waals surface area contributed by atoms with E-state index in [4.69, 9.17) is 9.47 Å². The molecule has 58 heavy (non-hydrogen) atoms. The summed E-state index contributed by atoms with van der Waals surface area (Å²) < 4.78 is 11.5. The van der Waals surface area contributed by atoms with Crippen LogP contribution in [0, 0.1) is 27.7 Å². The number of hydrogen-bond acceptors (Lipinski definition) is 6. The summed E-state index contributed by atoms with van der Waals surface area (Å²) in [6, 6.07) is 35.3. The Labute approximate surface area is 339 Å². The topological polar surface area (TPSA) is 127 Å². The van der Waals surface area contributed by atoms with Crippen LogP contribution in [0.15, 0.2) is 121 Å². The first kappa shape index (κ1) is 42.3. The molecule has 0 aliphatic heterocycles. The second-order valence-electron chi connectivity index (χ2n) is 14.7. The number of aromatic carboxylic acids is 2. The minimum atomic E-state index is -1.01. The zero-order valence-electron chi connectivity index (χ0n) is 34.0. The Kier molecular flexibility index (Phi) is 13.5. The van der Waals surface area contributed by atoms with E-state index in [1.165, 1.54) is 0 Å². The molecule has 8 heteroatoms. The molecular weight excluding hydrogens is 729 g/mol.